The molecule has 0 atom stereocenters. The molecule has 136 valence electrons. The zero-order valence-corrected chi connectivity index (χ0v) is 14.7. The molecule has 9 nitrogen and oxygen atoms in total. The number of morpholine rings is 2. The van der Waals surface area contributed by atoms with Crippen LogP contribution < -0.4 is 14.7 Å². The van der Waals surface area contributed by atoms with Gasteiger partial charge in [-0.3, -0.25) is 0 Å². The Kier molecular flexibility index (Phi) is 6.19. The zero-order valence-electron chi connectivity index (χ0n) is 14.7. The number of hydrogen-bond acceptors (Lipinski definition) is 9. The van der Waals surface area contributed by atoms with Gasteiger partial charge < -0.3 is 19.3 Å². The Hall–Kier alpha value is -2.18. The second-order valence-electron chi connectivity index (χ2n) is 6.04. The van der Waals surface area contributed by atoms with E-state index in [1.165, 1.54) is 0 Å². The van der Waals surface area contributed by atoms with Gasteiger partial charge >= 0.3 is 0 Å². The normalized spacial score (nSPS) is 18.1. The summed E-state index contributed by atoms with van der Waals surface area (Å²) in [6, 6.07) is 0. The van der Waals surface area contributed by atoms with E-state index in [1.54, 1.807) is 4.90 Å². The van der Waals surface area contributed by atoms with Crippen molar-refractivity contribution in [1.82, 2.24) is 15.0 Å². The lowest BCUT2D eigenvalue weighted by atomic mass is 10.3. The summed E-state index contributed by atoms with van der Waals surface area (Å²) in [7, 11) is 0. The summed E-state index contributed by atoms with van der Waals surface area (Å²) in [6.45, 7) is 8.32. The molecule has 2 fully saturated rings. The van der Waals surface area contributed by atoms with E-state index < -0.39 is 0 Å². The number of ether oxygens (including phenoxy) is 2. The summed E-state index contributed by atoms with van der Waals surface area (Å²) in [5.41, 5.74) is 0. The summed E-state index contributed by atoms with van der Waals surface area (Å²) in [5, 5.41) is 9.52. The third kappa shape index (κ3) is 4.46. The van der Waals surface area contributed by atoms with Crippen molar-refractivity contribution in [3.8, 4) is 6.19 Å². The minimum Gasteiger partial charge on any atom is -0.378 e. The van der Waals surface area contributed by atoms with Crippen molar-refractivity contribution in [3.63, 3.8) is 0 Å². The first-order valence-corrected chi connectivity index (χ1v) is 8.90. The molecular formula is C16H25N7O2. The fourth-order valence-electron chi connectivity index (χ4n) is 2.78. The topological polar surface area (TPSA) is 90.6 Å². The van der Waals surface area contributed by atoms with Crippen molar-refractivity contribution in [2.75, 3.05) is 73.9 Å². The lowest BCUT2D eigenvalue weighted by molar-refractivity contribution is 0.121. The molecule has 2 aliphatic heterocycles. The van der Waals surface area contributed by atoms with Crippen molar-refractivity contribution in [3.05, 3.63) is 0 Å². The lowest BCUT2D eigenvalue weighted by Gasteiger charge is -2.30. The largest absolute Gasteiger partial charge is 0.378 e. The molecule has 2 saturated heterocycles. The van der Waals surface area contributed by atoms with E-state index in [9.17, 15) is 5.26 Å². The highest BCUT2D eigenvalue weighted by Gasteiger charge is 2.22. The molecule has 1 aromatic rings. The van der Waals surface area contributed by atoms with E-state index in [4.69, 9.17) is 9.47 Å². The smallest absolute Gasteiger partial charge is 0.245 e. The van der Waals surface area contributed by atoms with Gasteiger partial charge in [-0.1, -0.05) is 13.3 Å². The molecule has 0 spiro atoms. The summed E-state index contributed by atoms with van der Waals surface area (Å²) < 4.78 is 10.8. The Morgan fingerprint density at radius 1 is 0.960 bits per heavy atom. The molecule has 0 aliphatic carbocycles. The number of hydrogen-bond donors (Lipinski definition) is 0. The van der Waals surface area contributed by atoms with E-state index in [2.05, 4.69) is 37.9 Å². The second-order valence-corrected chi connectivity index (χ2v) is 6.04. The lowest BCUT2D eigenvalue weighted by Crippen LogP contribution is -2.40. The molecular weight excluding hydrogens is 322 g/mol. The molecule has 0 amide bonds. The molecule has 0 saturated carbocycles. The van der Waals surface area contributed by atoms with Gasteiger partial charge in [0.1, 0.15) is 0 Å². The summed E-state index contributed by atoms with van der Waals surface area (Å²) in [6.07, 6.45) is 4.13. The van der Waals surface area contributed by atoms with Crippen molar-refractivity contribution >= 4 is 17.8 Å². The summed E-state index contributed by atoms with van der Waals surface area (Å²) >= 11 is 0. The number of unbranched alkanes of at least 4 members (excludes halogenated alkanes) is 1. The van der Waals surface area contributed by atoms with Gasteiger partial charge in [0.05, 0.1) is 26.4 Å². The highest BCUT2D eigenvalue weighted by atomic mass is 16.5. The van der Waals surface area contributed by atoms with Gasteiger partial charge in [-0.15, -0.1) is 0 Å². The van der Waals surface area contributed by atoms with Crippen molar-refractivity contribution in [2.45, 2.75) is 19.8 Å². The fourth-order valence-corrected chi connectivity index (χ4v) is 2.78. The SMILES string of the molecule is CCCCN(C#N)c1nc(N2CCOCC2)nc(N2CCOCC2)n1. The maximum atomic E-state index is 9.52. The van der Waals surface area contributed by atoms with Crippen molar-refractivity contribution in [2.24, 2.45) is 0 Å². The van der Waals surface area contributed by atoms with E-state index in [0.717, 1.165) is 39.0 Å². The zero-order chi connectivity index (χ0) is 17.5. The number of nitrogens with zero attached hydrogens (tertiary/aromatic N) is 7. The van der Waals surface area contributed by atoms with Gasteiger partial charge in [-0.2, -0.15) is 20.2 Å². The molecule has 9 heteroatoms. The first-order chi connectivity index (χ1) is 12.3. The summed E-state index contributed by atoms with van der Waals surface area (Å²) in [4.78, 5) is 19.5. The molecule has 0 N–H and O–H groups in total. The molecule has 0 radical (unpaired) electrons. The molecule has 0 bridgehead atoms. The quantitative estimate of drug-likeness (QED) is 0.543. The van der Waals surface area contributed by atoms with Crippen LogP contribution >= 0.6 is 0 Å². The van der Waals surface area contributed by atoms with Crippen LogP contribution in [-0.4, -0.2) is 74.1 Å². The highest BCUT2D eigenvalue weighted by Crippen LogP contribution is 2.20. The van der Waals surface area contributed by atoms with Gasteiger partial charge in [0, 0.05) is 32.7 Å². The first kappa shape index (κ1) is 17.6. The van der Waals surface area contributed by atoms with Crippen molar-refractivity contribution in [1.29, 1.82) is 5.26 Å². The predicted octanol–water partition coefficient (Wildman–Crippen LogP) is 0.632. The molecule has 0 aromatic carbocycles. The third-order valence-corrected chi connectivity index (χ3v) is 4.29. The Morgan fingerprint density at radius 2 is 1.48 bits per heavy atom. The minimum atomic E-state index is 0.425. The van der Waals surface area contributed by atoms with Gasteiger partial charge in [-0.05, 0) is 6.42 Å². The summed E-state index contributed by atoms with van der Waals surface area (Å²) in [5.74, 6) is 1.66. The average Bonchev–Trinajstić information content (AvgIpc) is 2.70. The van der Waals surface area contributed by atoms with Crippen LogP contribution in [0, 0.1) is 11.5 Å². The maximum absolute atomic E-state index is 9.52. The van der Waals surface area contributed by atoms with Gasteiger partial charge in [0.25, 0.3) is 0 Å². The predicted molar refractivity (Wildman–Crippen MR) is 93.8 cm³/mol. The number of rotatable bonds is 6. The Balaban J connectivity index is 1.90. The molecule has 25 heavy (non-hydrogen) atoms. The van der Waals surface area contributed by atoms with Gasteiger partial charge in [-0.25, -0.2) is 4.90 Å². The van der Waals surface area contributed by atoms with Crippen LogP contribution in [0.25, 0.3) is 0 Å². The van der Waals surface area contributed by atoms with E-state index >= 15 is 0 Å². The van der Waals surface area contributed by atoms with Crippen molar-refractivity contribution < 1.29 is 9.47 Å². The molecule has 3 heterocycles. The van der Waals surface area contributed by atoms with E-state index in [1.807, 2.05) is 0 Å². The number of anilines is 3. The van der Waals surface area contributed by atoms with Crippen LogP contribution in [0.5, 0.6) is 0 Å². The molecule has 3 rings (SSSR count). The van der Waals surface area contributed by atoms with Crippen LogP contribution in [0.2, 0.25) is 0 Å². The standard InChI is InChI=1S/C16H25N7O2/c1-2-3-4-23(13-17)16-19-14(21-5-9-24-10-6-21)18-15(20-16)22-7-11-25-12-8-22/h2-12H2,1H3. The Labute approximate surface area is 148 Å². The van der Waals surface area contributed by atoms with Crippen LogP contribution in [0.4, 0.5) is 17.8 Å². The molecule has 1 aromatic heterocycles. The monoisotopic (exact) mass is 347 g/mol. The van der Waals surface area contributed by atoms with E-state index in [0.29, 0.717) is 50.8 Å². The molecule has 2 aliphatic rings. The van der Waals surface area contributed by atoms with Crippen LogP contribution in [0.3, 0.4) is 0 Å². The van der Waals surface area contributed by atoms with Gasteiger partial charge in [0.2, 0.25) is 17.8 Å². The van der Waals surface area contributed by atoms with Crippen LogP contribution in [0.1, 0.15) is 19.8 Å². The van der Waals surface area contributed by atoms with E-state index in [-0.39, 0.29) is 0 Å². The Bertz CT molecular complexity index is 558. The minimum absolute atomic E-state index is 0.425. The number of nitriles is 1. The average molecular weight is 347 g/mol. The second kappa shape index (κ2) is 8.78. The molecule has 0 unspecified atom stereocenters. The van der Waals surface area contributed by atoms with Crippen LogP contribution in [0.15, 0.2) is 0 Å². The van der Waals surface area contributed by atoms with Crippen LogP contribution in [-0.2, 0) is 9.47 Å². The van der Waals surface area contributed by atoms with Gasteiger partial charge in [0.15, 0.2) is 6.19 Å². The maximum Gasteiger partial charge on any atom is 0.245 e. The highest BCUT2D eigenvalue weighted by molar-refractivity contribution is 5.48. The third-order valence-electron chi connectivity index (χ3n) is 4.29. The Morgan fingerprint density at radius 3 is 1.92 bits per heavy atom. The first-order valence-electron chi connectivity index (χ1n) is 8.90. The number of aromatic nitrogens is 3. The fraction of sp³-hybridized carbons (Fsp3) is 0.750.